The standard InChI is InChI=1S/C15H23NO2/c1-3-18-14-6-4-13(5-7-14)15(12-17)8-10-16(2)11-9-15/h4-7,17H,3,8-12H2,1-2H3. The average Bonchev–Trinajstić information content (AvgIpc) is 2.42. The number of benzene rings is 1. The van der Waals surface area contributed by atoms with E-state index in [9.17, 15) is 5.11 Å². The molecule has 1 aromatic rings. The third-order valence-electron chi connectivity index (χ3n) is 4.02. The lowest BCUT2D eigenvalue weighted by Gasteiger charge is -2.39. The molecule has 100 valence electrons. The monoisotopic (exact) mass is 249 g/mol. The Morgan fingerprint density at radius 3 is 2.33 bits per heavy atom. The van der Waals surface area contributed by atoms with Gasteiger partial charge in [-0.15, -0.1) is 0 Å². The highest BCUT2D eigenvalue weighted by atomic mass is 16.5. The van der Waals surface area contributed by atoms with E-state index in [1.807, 2.05) is 19.1 Å². The van der Waals surface area contributed by atoms with E-state index in [0.29, 0.717) is 6.61 Å². The van der Waals surface area contributed by atoms with E-state index in [1.165, 1.54) is 5.56 Å². The van der Waals surface area contributed by atoms with Crippen LogP contribution in [0.5, 0.6) is 5.75 Å². The molecule has 3 nitrogen and oxygen atoms in total. The molecule has 0 atom stereocenters. The quantitative estimate of drug-likeness (QED) is 0.886. The van der Waals surface area contributed by atoms with Gasteiger partial charge in [-0.25, -0.2) is 0 Å². The topological polar surface area (TPSA) is 32.7 Å². The van der Waals surface area contributed by atoms with Gasteiger partial charge in [-0.3, -0.25) is 0 Å². The minimum absolute atomic E-state index is 0.0583. The first-order chi connectivity index (χ1) is 8.70. The van der Waals surface area contributed by atoms with Crippen molar-refractivity contribution in [2.45, 2.75) is 25.2 Å². The van der Waals surface area contributed by atoms with Gasteiger partial charge in [-0.2, -0.15) is 0 Å². The van der Waals surface area contributed by atoms with Gasteiger partial charge in [-0.05, 0) is 57.6 Å². The Kier molecular flexibility index (Phi) is 4.25. The van der Waals surface area contributed by atoms with Crippen molar-refractivity contribution in [2.24, 2.45) is 0 Å². The van der Waals surface area contributed by atoms with Gasteiger partial charge in [0.25, 0.3) is 0 Å². The third-order valence-corrected chi connectivity index (χ3v) is 4.02. The fourth-order valence-electron chi connectivity index (χ4n) is 2.66. The Balaban J connectivity index is 2.16. The lowest BCUT2D eigenvalue weighted by Crippen LogP contribution is -2.43. The molecule has 1 aliphatic rings. The smallest absolute Gasteiger partial charge is 0.119 e. The zero-order valence-corrected chi connectivity index (χ0v) is 11.4. The summed E-state index contributed by atoms with van der Waals surface area (Å²) in [4.78, 5) is 2.32. The van der Waals surface area contributed by atoms with E-state index in [4.69, 9.17) is 4.74 Å². The second-order valence-corrected chi connectivity index (χ2v) is 5.20. The molecule has 0 amide bonds. The van der Waals surface area contributed by atoms with Crippen molar-refractivity contribution < 1.29 is 9.84 Å². The number of rotatable bonds is 4. The van der Waals surface area contributed by atoms with Gasteiger partial charge in [0.05, 0.1) is 13.2 Å². The zero-order chi connectivity index (χ0) is 13.0. The normalized spacial score (nSPS) is 19.7. The molecule has 0 aliphatic carbocycles. The predicted octanol–water partition coefficient (Wildman–Crippen LogP) is 2.04. The maximum atomic E-state index is 9.80. The molecular weight excluding hydrogens is 226 g/mol. The number of aliphatic hydroxyl groups is 1. The molecule has 1 aliphatic heterocycles. The van der Waals surface area contributed by atoms with Crippen molar-refractivity contribution in [2.75, 3.05) is 33.4 Å². The van der Waals surface area contributed by atoms with Crippen LogP contribution >= 0.6 is 0 Å². The van der Waals surface area contributed by atoms with Gasteiger partial charge >= 0.3 is 0 Å². The number of likely N-dealkylation sites (tertiary alicyclic amines) is 1. The summed E-state index contributed by atoms with van der Waals surface area (Å²) in [6.07, 6.45) is 2.04. The second-order valence-electron chi connectivity index (χ2n) is 5.20. The van der Waals surface area contributed by atoms with Gasteiger partial charge in [-0.1, -0.05) is 12.1 Å². The first kappa shape index (κ1) is 13.4. The largest absolute Gasteiger partial charge is 0.494 e. The van der Waals surface area contributed by atoms with Crippen LogP contribution in [-0.4, -0.2) is 43.4 Å². The predicted molar refractivity (Wildman–Crippen MR) is 73.1 cm³/mol. The molecule has 3 heteroatoms. The molecule has 0 unspecified atom stereocenters. The van der Waals surface area contributed by atoms with E-state index in [1.54, 1.807) is 0 Å². The van der Waals surface area contributed by atoms with E-state index >= 15 is 0 Å². The molecule has 0 bridgehead atoms. The summed E-state index contributed by atoms with van der Waals surface area (Å²) in [6.45, 7) is 5.01. The van der Waals surface area contributed by atoms with E-state index in [-0.39, 0.29) is 12.0 Å². The maximum Gasteiger partial charge on any atom is 0.119 e. The van der Waals surface area contributed by atoms with Crippen molar-refractivity contribution in [1.82, 2.24) is 4.90 Å². The van der Waals surface area contributed by atoms with Crippen molar-refractivity contribution in [3.63, 3.8) is 0 Å². The number of aliphatic hydroxyl groups excluding tert-OH is 1. The fraction of sp³-hybridized carbons (Fsp3) is 0.600. The van der Waals surface area contributed by atoms with Crippen LogP contribution in [0.3, 0.4) is 0 Å². The molecule has 0 saturated carbocycles. The Morgan fingerprint density at radius 1 is 1.22 bits per heavy atom. The molecular formula is C15H23NO2. The zero-order valence-electron chi connectivity index (χ0n) is 11.4. The number of piperidine rings is 1. The summed E-state index contributed by atoms with van der Waals surface area (Å²) in [5, 5.41) is 9.80. The van der Waals surface area contributed by atoms with Gasteiger partial charge in [0.15, 0.2) is 0 Å². The summed E-state index contributed by atoms with van der Waals surface area (Å²) < 4.78 is 5.46. The lowest BCUT2D eigenvalue weighted by molar-refractivity contribution is 0.114. The van der Waals surface area contributed by atoms with Gasteiger partial charge in [0, 0.05) is 5.41 Å². The van der Waals surface area contributed by atoms with Crippen LogP contribution in [0.1, 0.15) is 25.3 Å². The summed E-state index contributed by atoms with van der Waals surface area (Å²) >= 11 is 0. The molecule has 0 spiro atoms. The van der Waals surface area contributed by atoms with E-state index in [2.05, 4.69) is 24.1 Å². The maximum absolute atomic E-state index is 9.80. The molecule has 1 aromatic carbocycles. The molecule has 1 N–H and O–H groups in total. The highest BCUT2D eigenvalue weighted by Gasteiger charge is 2.34. The van der Waals surface area contributed by atoms with Crippen LogP contribution < -0.4 is 4.74 Å². The lowest BCUT2D eigenvalue weighted by atomic mass is 9.73. The van der Waals surface area contributed by atoms with Crippen molar-refractivity contribution in [1.29, 1.82) is 0 Å². The number of hydrogen-bond acceptors (Lipinski definition) is 3. The van der Waals surface area contributed by atoms with Crippen LogP contribution in [0.15, 0.2) is 24.3 Å². The molecule has 18 heavy (non-hydrogen) atoms. The highest BCUT2D eigenvalue weighted by Crippen LogP contribution is 2.35. The van der Waals surface area contributed by atoms with Gasteiger partial charge in [0.2, 0.25) is 0 Å². The van der Waals surface area contributed by atoms with Gasteiger partial charge in [0.1, 0.15) is 5.75 Å². The van der Waals surface area contributed by atoms with Crippen LogP contribution in [-0.2, 0) is 5.41 Å². The minimum Gasteiger partial charge on any atom is -0.494 e. The first-order valence-electron chi connectivity index (χ1n) is 6.73. The minimum atomic E-state index is -0.0583. The van der Waals surface area contributed by atoms with Crippen LogP contribution in [0, 0.1) is 0 Å². The molecule has 0 aromatic heterocycles. The fourth-order valence-corrected chi connectivity index (χ4v) is 2.66. The third kappa shape index (κ3) is 2.68. The molecule has 0 radical (unpaired) electrons. The highest BCUT2D eigenvalue weighted by molar-refractivity contribution is 5.33. The molecule has 1 fully saturated rings. The van der Waals surface area contributed by atoms with Crippen LogP contribution in [0.4, 0.5) is 0 Å². The average molecular weight is 249 g/mol. The molecule has 2 rings (SSSR count). The summed E-state index contributed by atoms with van der Waals surface area (Å²) in [7, 11) is 2.14. The summed E-state index contributed by atoms with van der Waals surface area (Å²) in [6, 6.07) is 8.22. The Hall–Kier alpha value is -1.06. The van der Waals surface area contributed by atoms with E-state index < -0.39 is 0 Å². The summed E-state index contributed by atoms with van der Waals surface area (Å²) in [5.74, 6) is 0.905. The Morgan fingerprint density at radius 2 is 1.83 bits per heavy atom. The Bertz CT molecular complexity index is 367. The number of hydrogen-bond donors (Lipinski definition) is 1. The number of ether oxygens (including phenoxy) is 1. The van der Waals surface area contributed by atoms with Gasteiger partial charge < -0.3 is 14.7 Å². The van der Waals surface area contributed by atoms with Crippen LogP contribution in [0.25, 0.3) is 0 Å². The number of nitrogens with zero attached hydrogens (tertiary/aromatic N) is 1. The SMILES string of the molecule is CCOc1ccc(C2(CO)CCN(C)CC2)cc1. The van der Waals surface area contributed by atoms with Crippen LogP contribution in [0.2, 0.25) is 0 Å². The molecule has 1 heterocycles. The van der Waals surface area contributed by atoms with Crippen molar-refractivity contribution in [3.8, 4) is 5.75 Å². The van der Waals surface area contributed by atoms with Crippen molar-refractivity contribution in [3.05, 3.63) is 29.8 Å². The Labute approximate surface area is 109 Å². The van der Waals surface area contributed by atoms with Crippen molar-refractivity contribution >= 4 is 0 Å². The molecule has 1 saturated heterocycles. The summed E-state index contributed by atoms with van der Waals surface area (Å²) in [5.41, 5.74) is 1.18. The first-order valence-corrected chi connectivity index (χ1v) is 6.73. The van der Waals surface area contributed by atoms with E-state index in [0.717, 1.165) is 31.7 Å². The second kappa shape index (κ2) is 5.72.